The van der Waals surface area contributed by atoms with E-state index in [-0.39, 0.29) is 5.91 Å². The molecule has 0 aliphatic carbocycles. The fourth-order valence-electron chi connectivity index (χ4n) is 3.46. The Kier molecular flexibility index (Phi) is 5.59. The van der Waals surface area contributed by atoms with E-state index in [1.54, 1.807) is 4.52 Å². The third-order valence-electron chi connectivity index (χ3n) is 4.89. The van der Waals surface area contributed by atoms with Gasteiger partial charge in [-0.25, -0.2) is 9.50 Å². The Bertz CT molecular complexity index is 996. The summed E-state index contributed by atoms with van der Waals surface area (Å²) in [5.74, 6) is 1.20. The number of nitrogens with zero attached hydrogens (tertiary/aromatic N) is 4. The highest BCUT2D eigenvalue weighted by atomic mass is 32.2. The Labute approximate surface area is 168 Å². The number of fused-ring (bicyclic) bond motifs is 1. The minimum Gasteiger partial charge on any atom is -0.350 e. The van der Waals surface area contributed by atoms with Crippen LogP contribution in [0, 0.1) is 13.8 Å². The zero-order valence-corrected chi connectivity index (χ0v) is 16.9. The highest BCUT2D eigenvalue weighted by molar-refractivity contribution is 7.98. The molecule has 1 aliphatic heterocycles. The lowest BCUT2D eigenvalue weighted by molar-refractivity contribution is 0.0949. The molecule has 0 radical (unpaired) electrons. The molecule has 3 heterocycles. The summed E-state index contributed by atoms with van der Waals surface area (Å²) in [6, 6.07) is 10.1. The van der Waals surface area contributed by atoms with E-state index in [4.69, 9.17) is 0 Å². The van der Waals surface area contributed by atoms with Crippen LogP contribution < -0.4 is 10.6 Å². The number of amides is 1. The smallest absolute Gasteiger partial charge is 0.253 e. The van der Waals surface area contributed by atoms with Crippen molar-refractivity contribution < 1.29 is 4.79 Å². The molecule has 2 N–H and O–H groups in total. The number of hydrogen-bond acceptors (Lipinski definition) is 6. The molecular weight excluding hydrogens is 372 g/mol. The molecule has 8 heteroatoms. The molecule has 3 aromatic rings. The van der Waals surface area contributed by atoms with Gasteiger partial charge >= 0.3 is 0 Å². The lowest BCUT2D eigenvalue weighted by atomic mass is 10.1. The Morgan fingerprint density at radius 1 is 1.32 bits per heavy atom. The van der Waals surface area contributed by atoms with Gasteiger partial charge in [0.2, 0.25) is 5.16 Å². The number of hydrogen-bond donors (Lipinski definition) is 2. The van der Waals surface area contributed by atoms with E-state index in [1.165, 1.54) is 18.2 Å². The zero-order valence-electron chi connectivity index (χ0n) is 16.1. The van der Waals surface area contributed by atoms with Crippen LogP contribution in [0.3, 0.4) is 0 Å². The maximum absolute atomic E-state index is 12.7. The molecule has 28 heavy (non-hydrogen) atoms. The van der Waals surface area contributed by atoms with Crippen molar-refractivity contribution in [1.29, 1.82) is 0 Å². The number of benzene rings is 1. The van der Waals surface area contributed by atoms with Crippen LogP contribution in [-0.4, -0.2) is 44.6 Å². The number of aryl methyl sites for hydroxylation is 2. The van der Waals surface area contributed by atoms with Gasteiger partial charge in [0.15, 0.2) is 0 Å². The van der Waals surface area contributed by atoms with Crippen molar-refractivity contribution in [2.45, 2.75) is 43.6 Å². The van der Waals surface area contributed by atoms with Crippen LogP contribution in [0.25, 0.3) is 5.78 Å². The van der Waals surface area contributed by atoms with Crippen molar-refractivity contribution in [2.24, 2.45) is 0 Å². The van der Waals surface area contributed by atoms with Crippen LogP contribution in [0.2, 0.25) is 0 Å². The van der Waals surface area contributed by atoms with Crippen molar-refractivity contribution in [2.75, 3.05) is 13.1 Å². The fourth-order valence-corrected chi connectivity index (χ4v) is 4.28. The summed E-state index contributed by atoms with van der Waals surface area (Å²) in [6.07, 6.45) is 2.29. The van der Waals surface area contributed by atoms with E-state index in [9.17, 15) is 4.79 Å². The molecule has 1 amide bonds. The summed E-state index contributed by atoms with van der Waals surface area (Å²) in [4.78, 5) is 21.6. The van der Waals surface area contributed by atoms with Crippen molar-refractivity contribution in [3.05, 3.63) is 52.8 Å². The molecule has 0 bridgehead atoms. The first kappa shape index (κ1) is 18.9. The second-order valence-electron chi connectivity index (χ2n) is 7.09. The van der Waals surface area contributed by atoms with Gasteiger partial charge in [-0.3, -0.25) is 4.79 Å². The highest BCUT2D eigenvalue weighted by Gasteiger charge is 2.17. The van der Waals surface area contributed by atoms with E-state index in [1.807, 2.05) is 44.2 Å². The molecular formula is C20H24N6OS. The number of thioether (sulfide) groups is 1. The predicted molar refractivity (Wildman–Crippen MR) is 110 cm³/mol. The van der Waals surface area contributed by atoms with Gasteiger partial charge in [-0.05, 0) is 50.9 Å². The van der Waals surface area contributed by atoms with Gasteiger partial charge in [0, 0.05) is 35.3 Å². The molecule has 2 aromatic heterocycles. The van der Waals surface area contributed by atoms with Crippen LogP contribution >= 0.6 is 11.8 Å². The molecule has 1 atom stereocenters. The van der Waals surface area contributed by atoms with Gasteiger partial charge in [0.25, 0.3) is 11.7 Å². The van der Waals surface area contributed by atoms with Gasteiger partial charge < -0.3 is 10.6 Å². The number of aromatic nitrogens is 4. The summed E-state index contributed by atoms with van der Waals surface area (Å²) < 4.78 is 1.75. The molecule has 1 aliphatic rings. The topological polar surface area (TPSA) is 84.2 Å². The third-order valence-corrected chi connectivity index (χ3v) is 5.78. The van der Waals surface area contributed by atoms with Crippen molar-refractivity contribution in [3.63, 3.8) is 0 Å². The lowest BCUT2D eigenvalue weighted by Crippen LogP contribution is -2.37. The number of rotatable bonds is 6. The number of nitrogens with one attached hydrogen (secondary N) is 2. The Morgan fingerprint density at radius 3 is 3.00 bits per heavy atom. The molecule has 1 saturated heterocycles. The molecule has 0 saturated carbocycles. The van der Waals surface area contributed by atoms with E-state index in [0.29, 0.717) is 34.8 Å². The SMILES string of the molecule is Cc1cc(C)n2nc(SCc3ccccc3C(=O)NCC3CCCN3)nc2n1. The summed E-state index contributed by atoms with van der Waals surface area (Å²) in [5, 5.41) is 11.6. The molecule has 146 valence electrons. The molecule has 1 fully saturated rings. The van der Waals surface area contributed by atoms with Crippen LogP contribution in [0.4, 0.5) is 0 Å². The minimum absolute atomic E-state index is 0.0269. The van der Waals surface area contributed by atoms with Crippen molar-refractivity contribution in [1.82, 2.24) is 30.2 Å². The minimum atomic E-state index is -0.0269. The summed E-state index contributed by atoms with van der Waals surface area (Å²) in [7, 11) is 0. The van der Waals surface area contributed by atoms with E-state index in [0.717, 1.165) is 29.9 Å². The van der Waals surface area contributed by atoms with Crippen LogP contribution in [-0.2, 0) is 5.75 Å². The van der Waals surface area contributed by atoms with Gasteiger partial charge in [0.05, 0.1) is 0 Å². The van der Waals surface area contributed by atoms with E-state index < -0.39 is 0 Å². The second-order valence-corrected chi connectivity index (χ2v) is 8.04. The Balaban J connectivity index is 1.45. The maximum Gasteiger partial charge on any atom is 0.253 e. The largest absolute Gasteiger partial charge is 0.350 e. The average Bonchev–Trinajstić information content (AvgIpc) is 3.34. The predicted octanol–water partition coefficient (Wildman–Crippen LogP) is 2.52. The molecule has 7 nitrogen and oxygen atoms in total. The van der Waals surface area contributed by atoms with Gasteiger partial charge in [-0.1, -0.05) is 30.0 Å². The Morgan fingerprint density at radius 2 is 2.18 bits per heavy atom. The van der Waals surface area contributed by atoms with Gasteiger partial charge in [-0.2, -0.15) is 4.98 Å². The first-order valence-electron chi connectivity index (χ1n) is 9.53. The zero-order chi connectivity index (χ0) is 19.5. The number of carbonyl (C=O) groups excluding carboxylic acids is 1. The summed E-state index contributed by atoms with van der Waals surface area (Å²) in [5.41, 5.74) is 3.61. The second kappa shape index (κ2) is 8.28. The quantitative estimate of drug-likeness (QED) is 0.623. The molecule has 1 aromatic carbocycles. The molecule has 1 unspecified atom stereocenters. The van der Waals surface area contributed by atoms with Crippen molar-refractivity contribution in [3.8, 4) is 0 Å². The van der Waals surface area contributed by atoms with Gasteiger partial charge in [0.1, 0.15) is 0 Å². The Hall–Kier alpha value is -2.45. The normalized spacial score (nSPS) is 16.6. The molecule has 4 rings (SSSR count). The maximum atomic E-state index is 12.7. The van der Waals surface area contributed by atoms with Gasteiger partial charge in [-0.15, -0.1) is 5.10 Å². The van der Waals surface area contributed by atoms with Crippen LogP contribution in [0.15, 0.2) is 35.5 Å². The monoisotopic (exact) mass is 396 g/mol. The third kappa shape index (κ3) is 4.18. The standard InChI is InChI=1S/C20H24N6OS/c1-13-10-14(2)26-19(23-13)24-20(25-26)28-12-15-6-3-4-8-17(15)18(27)22-11-16-7-5-9-21-16/h3-4,6,8,10,16,21H,5,7,9,11-12H2,1-2H3,(H,22,27). The highest BCUT2D eigenvalue weighted by Crippen LogP contribution is 2.23. The average molecular weight is 397 g/mol. The van der Waals surface area contributed by atoms with E-state index >= 15 is 0 Å². The summed E-state index contributed by atoms with van der Waals surface area (Å²) >= 11 is 1.51. The fraction of sp³-hybridized carbons (Fsp3) is 0.400. The van der Waals surface area contributed by atoms with Crippen molar-refractivity contribution >= 4 is 23.4 Å². The molecule has 0 spiro atoms. The number of carbonyl (C=O) groups is 1. The first-order valence-corrected chi connectivity index (χ1v) is 10.5. The lowest BCUT2D eigenvalue weighted by Gasteiger charge is -2.13. The first-order chi connectivity index (χ1) is 13.6. The van der Waals surface area contributed by atoms with E-state index in [2.05, 4.69) is 25.7 Å². The summed E-state index contributed by atoms with van der Waals surface area (Å²) in [6.45, 7) is 5.64. The van der Waals surface area contributed by atoms with Crippen LogP contribution in [0.5, 0.6) is 0 Å². The van der Waals surface area contributed by atoms with Crippen LogP contribution in [0.1, 0.15) is 40.2 Å².